The van der Waals surface area contributed by atoms with Gasteiger partial charge in [-0.05, 0) is 107 Å². The normalized spacial score (nSPS) is 30.9. The summed E-state index contributed by atoms with van der Waals surface area (Å²) in [6.07, 6.45) is 40.5. The predicted molar refractivity (Wildman–Crippen MR) is 235 cm³/mol. The van der Waals surface area contributed by atoms with E-state index in [4.69, 9.17) is 4.42 Å². The molecule has 0 radical (unpaired) electrons. The Morgan fingerprint density at radius 1 is 0.632 bits per heavy atom. The largest absolute Gasteiger partial charge is 0.456 e. The first-order chi connectivity index (χ1) is 28.3. The lowest BCUT2D eigenvalue weighted by molar-refractivity contribution is 0.178. The molecule has 9 atom stereocenters. The molecule has 0 saturated heterocycles. The van der Waals surface area contributed by atoms with Gasteiger partial charge in [-0.15, -0.1) is 0 Å². The van der Waals surface area contributed by atoms with Crippen LogP contribution in [0, 0.1) is 29.6 Å². The average Bonchev–Trinajstić information content (AvgIpc) is 3.91. The Labute approximate surface area is 336 Å². The average molecular weight is 738 g/mol. The third kappa shape index (κ3) is 4.89. The van der Waals surface area contributed by atoms with Gasteiger partial charge in [-0.1, -0.05) is 164 Å². The van der Waals surface area contributed by atoms with Gasteiger partial charge >= 0.3 is 0 Å². The molecular formula is C55H47NO. The van der Waals surface area contributed by atoms with Crippen molar-refractivity contribution in [1.29, 1.82) is 0 Å². The molecule has 2 nitrogen and oxygen atoms in total. The zero-order valence-electron chi connectivity index (χ0n) is 32.2. The Bertz CT molecular complexity index is 2660. The van der Waals surface area contributed by atoms with E-state index >= 15 is 0 Å². The molecule has 0 amide bonds. The van der Waals surface area contributed by atoms with Crippen LogP contribution in [-0.4, -0.2) is 6.04 Å². The van der Waals surface area contributed by atoms with Gasteiger partial charge in [0.1, 0.15) is 11.3 Å². The molecule has 9 unspecified atom stereocenters. The minimum absolute atomic E-state index is 0.0562. The summed E-state index contributed by atoms with van der Waals surface area (Å²) < 4.78 is 6.63. The number of rotatable bonds is 5. The zero-order valence-corrected chi connectivity index (χ0v) is 32.2. The van der Waals surface area contributed by atoms with Gasteiger partial charge in [-0.25, -0.2) is 0 Å². The summed E-state index contributed by atoms with van der Waals surface area (Å²) in [6, 6.07) is 36.8. The van der Waals surface area contributed by atoms with E-state index in [1.54, 1.807) is 5.56 Å². The van der Waals surface area contributed by atoms with Crippen LogP contribution in [0.15, 0.2) is 187 Å². The SMILES string of the molecule is C1=CCC(c2ccccc2N(c2cccc3oc4c(c23)CCC=C4)C2C=CC3C4C=CC=CC4C4(c5ccccc5C5C=CC(c6ccccc6)=CC54)C3C2)C=C1. The molecular weight excluding hydrogens is 691 g/mol. The second-order valence-corrected chi connectivity index (χ2v) is 17.3. The van der Waals surface area contributed by atoms with Gasteiger partial charge in [0.25, 0.3) is 0 Å². The van der Waals surface area contributed by atoms with Crippen LogP contribution in [0.25, 0.3) is 22.6 Å². The fourth-order valence-electron chi connectivity index (χ4n) is 12.7. The molecule has 1 aromatic heterocycles. The first-order valence-corrected chi connectivity index (χ1v) is 21.3. The molecule has 1 saturated carbocycles. The minimum atomic E-state index is -0.0562. The third-order valence-electron chi connectivity index (χ3n) is 14.8. The van der Waals surface area contributed by atoms with Gasteiger partial charge in [0.2, 0.25) is 0 Å². The van der Waals surface area contributed by atoms with Gasteiger partial charge in [0.15, 0.2) is 0 Å². The van der Waals surface area contributed by atoms with Gasteiger partial charge in [0.05, 0.1) is 11.7 Å². The maximum Gasteiger partial charge on any atom is 0.137 e. The van der Waals surface area contributed by atoms with E-state index < -0.39 is 0 Å². The Balaban J connectivity index is 1.06. The Kier molecular flexibility index (Phi) is 7.65. The van der Waals surface area contributed by atoms with E-state index in [9.17, 15) is 0 Å². The quantitative estimate of drug-likeness (QED) is 0.167. The maximum absolute atomic E-state index is 6.63. The minimum Gasteiger partial charge on any atom is -0.456 e. The van der Waals surface area contributed by atoms with Crippen LogP contribution in [0.1, 0.15) is 64.7 Å². The van der Waals surface area contributed by atoms with Crippen molar-refractivity contribution in [3.63, 3.8) is 0 Å². The van der Waals surface area contributed by atoms with Crippen LogP contribution in [0.4, 0.5) is 11.4 Å². The van der Waals surface area contributed by atoms with Crippen LogP contribution in [0.5, 0.6) is 0 Å². The maximum atomic E-state index is 6.63. The summed E-state index contributed by atoms with van der Waals surface area (Å²) in [5.74, 6) is 3.81. The lowest BCUT2D eigenvalue weighted by Crippen LogP contribution is -2.46. The van der Waals surface area contributed by atoms with E-state index in [-0.39, 0.29) is 11.5 Å². The van der Waals surface area contributed by atoms with Gasteiger partial charge in [-0.2, -0.15) is 0 Å². The first kappa shape index (κ1) is 33.3. The highest BCUT2D eigenvalue weighted by Crippen LogP contribution is 2.71. The summed E-state index contributed by atoms with van der Waals surface area (Å²) in [6.45, 7) is 0. The summed E-state index contributed by atoms with van der Waals surface area (Å²) in [4.78, 5) is 2.75. The van der Waals surface area contributed by atoms with Crippen molar-refractivity contribution in [3.05, 3.63) is 216 Å². The molecule has 4 aromatic carbocycles. The van der Waals surface area contributed by atoms with Crippen LogP contribution >= 0.6 is 0 Å². The van der Waals surface area contributed by atoms with Crippen LogP contribution < -0.4 is 4.90 Å². The van der Waals surface area contributed by atoms with Gasteiger partial charge in [-0.3, -0.25) is 0 Å². The standard InChI is InChI=1S/C55H47NO/c1-3-16-36(17-4-1)38-30-32-43-41-21-7-11-24-46(41)55(48(43)34-38)47-25-12-8-22-42(47)44-33-31-39(35-49(44)55)56(50-26-13-9-20-40(50)37-18-5-2-6-19-37)51-27-15-29-53-54(51)45-23-10-14-28-52(45)57-53/h1-9,11-18,20-22,24-34,37,39,42-44,47-49H,10,19,23,35H2. The fourth-order valence-corrected chi connectivity index (χ4v) is 12.7. The second kappa shape index (κ2) is 13.1. The molecule has 7 aliphatic rings. The Hall–Kier alpha value is -5.86. The summed E-state index contributed by atoms with van der Waals surface area (Å²) in [5, 5.41) is 1.28. The van der Waals surface area contributed by atoms with Crippen molar-refractivity contribution >= 4 is 34.0 Å². The molecule has 1 fully saturated rings. The summed E-state index contributed by atoms with van der Waals surface area (Å²) in [5.41, 5.74) is 12.0. The van der Waals surface area contributed by atoms with Crippen molar-refractivity contribution in [3.8, 4) is 0 Å². The highest BCUT2D eigenvalue weighted by molar-refractivity contribution is 5.99. The van der Waals surface area contributed by atoms with E-state index in [0.717, 1.165) is 37.0 Å². The number of furan rings is 1. The molecule has 278 valence electrons. The Morgan fingerprint density at radius 3 is 2.37 bits per heavy atom. The van der Waals surface area contributed by atoms with Crippen molar-refractivity contribution in [1.82, 2.24) is 0 Å². The number of benzene rings is 4. The van der Waals surface area contributed by atoms with Crippen LogP contribution in [0.3, 0.4) is 0 Å². The number of para-hydroxylation sites is 1. The lowest BCUT2D eigenvalue weighted by atomic mass is 9.57. The smallest absolute Gasteiger partial charge is 0.137 e. The zero-order chi connectivity index (χ0) is 37.5. The lowest BCUT2D eigenvalue weighted by Gasteiger charge is -2.47. The number of hydrogen-bond donors (Lipinski definition) is 0. The second-order valence-electron chi connectivity index (χ2n) is 17.3. The predicted octanol–water partition coefficient (Wildman–Crippen LogP) is 13.4. The number of hydrogen-bond acceptors (Lipinski definition) is 2. The number of anilines is 2. The highest BCUT2D eigenvalue weighted by atomic mass is 16.3. The molecule has 0 aliphatic heterocycles. The number of fused-ring (bicyclic) bond motifs is 13. The van der Waals surface area contributed by atoms with E-state index in [2.05, 4.69) is 193 Å². The number of allylic oxidation sites excluding steroid dienone is 14. The van der Waals surface area contributed by atoms with Crippen LogP contribution in [-0.2, 0) is 11.8 Å². The first-order valence-electron chi connectivity index (χ1n) is 21.3. The fraction of sp³-hybridized carbons (Fsp3) is 0.236. The molecule has 0 bridgehead atoms. The van der Waals surface area contributed by atoms with Crippen molar-refractivity contribution < 1.29 is 4.42 Å². The molecule has 57 heavy (non-hydrogen) atoms. The monoisotopic (exact) mass is 737 g/mol. The molecule has 12 rings (SSSR count). The third-order valence-corrected chi connectivity index (χ3v) is 14.8. The van der Waals surface area contributed by atoms with E-state index in [0.29, 0.717) is 41.4 Å². The Morgan fingerprint density at radius 2 is 1.46 bits per heavy atom. The topological polar surface area (TPSA) is 16.4 Å². The summed E-state index contributed by atoms with van der Waals surface area (Å²) >= 11 is 0. The van der Waals surface area contributed by atoms with Crippen molar-refractivity contribution in [2.45, 2.75) is 49.0 Å². The van der Waals surface area contributed by atoms with Crippen LogP contribution in [0.2, 0.25) is 0 Å². The van der Waals surface area contributed by atoms with Crippen molar-refractivity contribution in [2.24, 2.45) is 29.6 Å². The molecule has 2 heteroatoms. The highest BCUT2D eigenvalue weighted by Gasteiger charge is 2.67. The summed E-state index contributed by atoms with van der Waals surface area (Å²) in [7, 11) is 0. The molecule has 5 aromatic rings. The molecule has 0 N–H and O–H groups in total. The van der Waals surface area contributed by atoms with Gasteiger partial charge in [0, 0.05) is 33.9 Å². The van der Waals surface area contributed by atoms with Crippen molar-refractivity contribution in [2.75, 3.05) is 4.90 Å². The van der Waals surface area contributed by atoms with Gasteiger partial charge < -0.3 is 9.32 Å². The van der Waals surface area contributed by atoms with E-state index in [1.165, 1.54) is 44.6 Å². The number of aryl methyl sites for hydroxylation is 1. The molecule has 1 spiro atoms. The van der Waals surface area contributed by atoms with E-state index in [1.807, 2.05) is 0 Å². The number of nitrogens with zero attached hydrogens (tertiary/aromatic N) is 1. The molecule has 1 heterocycles. The molecule has 7 aliphatic carbocycles.